The minimum absolute atomic E-state index is 0.591. The third-order valence-electron chi connectivity index (χ3n) is 2.53. The number of hydroxylamine groups is 1. The number of aromatic nitrogens is 1. The molecule has 0 aliphatic heterocycles. The highest BCUT2D eigenvalue weighted by molar-refractivity contribution is 14.1. The summed E-state index contributed by atoms with van der Waals surface area (Å²) in [5.74, 6) is 0.672. The van der Waals surface area contributed by atoms with Gasteiger partial charge in [-0.1, -0.05) is 0 Å². The first-order valence-corrected chi connectivity index (χ1v) is 6.43. The van der Waals surface area contributed by atoms with Crippen LogP contribution in [0.3, 0.4) is 0 Å². The summed E-state index contributed by atoms with van der Waals surface area (Å²) in [6.45, 7) is 2.59. The molecule has 0 bridgehead atoms. The molecule has 2 rings (SSSR count). The zero-order valence-corrected chi connectivity index (χ0v) is 11.3. The maximum absolute atomic E-state index is 9.77. The van der Waals surface area contributed by atoms with Crippen molar-refractivity contribution in [3.05, 3.63) is 27.1 Å². The number of aliphatic hydroxyl groups excluding tert-OH is 1. The summed E-state index contributed by atoms with van der Waals surface area (Å²) in [5.41, 5.74) is 4.12. The first kappa shape index (κ1) is 12.2. The zero-order valence-electron chi connectivity index (χ0n) is 9.11. The average Bonchev–Trinajstić information content (AvgIpc) is 3.06. The molecule has 1 heterocycles. The highest BCUT2D eigenvalue weighted by Gasteiger charge is 2.22. The van der Waals surface area contributed by atoms with Gasteiger partial charge in [0.05, 0.1) is 18.0 Å². The lowest BCUT2D eigenvalue weighted by Crippen LogP contribution is -2.23. The van der Waals surface area contributed by atoms with Crippen molar-refractivity contribution in [3.63, 3.8) is 0 Å². The van der Waals surface area contributed by atoms with Gasteiger partial charge in [0.25, 0.3) is 0 Å². The summed E-state index contributed by atoms with van der Waals surface area (Å²) < 4.78 is 1.09. The van der Waals surface area contributed by atoms with Crippen molar-refractivity contribution in [2.24, 2.45) is 5.92 Å². The Morgan fingerprint density at radius 3 is 3.00 bits per heavy atom. The van der Waals surface area contributed by atoms with Gasteiger partial charge in [0, 0.05) is 3.57 Å². The van der Waals surface area contributed by atoms with Gasteiger partial charge < -0.3 is 5.11 Å². The predicted molar refractivity (Wildman–Crippen MR) is 68.5 cm³/mol. The highest BCUT2D eigenvalue weighted by Crippen LogP contribution is 2.28. The first-order chi connectivity index (χ1) is 7.66. The molecular formula is C11H15IN2O2. The Morgan fingerprint density at radius 2 is 2.38 bits per heavy atom. The maximum atomic E-state index is 9.77. The molecule has 1 saturated carbocycles. The van der Waals surface area contributed by atoms with Crippen molar-refractivity contribution in [2.45, 2.75) is 26.0 Å². The van der Waals surface area contributed by atoms with Crippen LogP contribution in [-0.2, 0) is 4.84 Å². The molecule has 1 fully saturated rings. The van der Waals surface area contributed by atoms with Crippen molar-refractivity contribution in [1.29, 1.82) is 0 Å². The van der Waals surface area contributed by atoms with Crippen LogP contribution < -0.4 is 5.48 Å². The Morgan fingerprint density at radius 1 is 1.62 bits per heavy atom. The number of pyridine rings is 1. The van der Waals surface area contributed by atoms with Crippen molar-refractivity contribution in [3.8, 4) is 0 Å². The number of nitrogens with zero attached hydrogens (tertiary/aromatic N) is 1. The normalized spacial score (nSPS) is 17.4. The molecule has 5 heteroatoms. The third kappa shape index (κ3) is 3.38. The molecular weight excluding hydrogens is 319 g/mol. The van der Waals surface area contributed by atoms with E-state index in [1.165, 1.54) is 12.8 Å². The minimum atomic E-state index is -0.852. The fourth-order valence-corrected chi connectivity index (χ4v) is 1.61. The highest BCUT2D eigenvalue weighted by atomic mass is 127. The van der Waals surface area contributed by atoms with E-state index in [0.29, 0.717) is 18.2 Å². The molecule has 1 unspecified atom stereocenters. The first-order valence-electron chi connectivity index (χ1n) is 5.35. The molecule has 1 aromatic heterocycles. The number of hydrogen-bond donors (Lipinski definition) is 2. The Bertz CT molecular complexity index is 369. The molecule has 2 N–H and O–H groups in total. The fraction of sp³-hybridized carbons (Fsp3) is 0.545. The van der Waals surface area contributed by atoms with E-state index in [1.807, 2.05) is 13.0 Å². The lowest BCUT2D eigenvalue weighted by atomic mass is 10.3. The van der Waals surface area contributed by atoms with Gasteiger partial charge in [-0.2, -0.15) is 5.48 Å². The molecule has 0 radical (unpaired) electrons. The van der Waals surface area contributed by atoms with E-state index in [9.17, 15) is 5.11 Å². The number of aryl methyl sites for hydroxylation is 1. The van der Waals surface area contributed by atoms with Gasteiger partial charge >= 0.3 is 0 Å². The smallest absolute Gasteiger partial charge is 0.169 e. The topological polar surface area (TPSA) is 54.4 Å². The van der Waals surface area contributed by atoms with Crippen LogP contribution in [0.2, 0.25) is 0 Å². The standard InChI is InChI=1S/C11H15IN2O2/c1-7-9(12)4-5-10(13-7)11(15)14-16-6-8-2-3-8/h4-5,8,11,14-15H,2-3,6H2,1H3. The van der Waals surface area contributed by atoms with Crippen LogP contribution in [-0.4, -0.2) is 16.7 Å². The van der Waals surface area contributed by atoms with Crippen molar-refractivity contribution < 1.29 is 9.94 Å². The quantitative estimate of drug-likeness (QED) is 0.491. The van der Waals surface area contributed by atoms with Crippen LogP contribution in [0, 0.1) is 16.4 Å². The third-order valence-corrected chi connectivity index (χ3v) is 3.67. The van der Waals surface area contributed by atoms with Gasteiger partial charge in [0.15, 0.2) is 6.23 Å². The monoisotopic (exact) mass is 334 g/mol. The number of halogens is 1. The van der Waals surface area contributed by atoms with Gasteiger partial charge in [0.1, 0.15) is 0 Å². The lowest BCUT2D eigenvalue weighted by Gasteiger charge is -2.13. The number of aliphatic hydroxyl groups is 1. The summed E-state index contributed by atoms with van der Waals surface area (Å²) in [6.07, 6.45) is 1.62. The summed E-state index contributed by atoms with van der Waals surface area (Å²) in [7, 11) is 0. The molecule has 0 saturated heterocycles. The second-order valence-corrected chi connectivity index (χ2v) is 5.24. The van der Waals surface area contributed by atoms with Crippen LogP contribution in [0.4, 0.5) is 0 Å². The molecule has 0 aromatic carbocycles. The summed E-state index contributed by atoms with van der Waals surface area (Å²) >= 11 is 2.21. The molecule has 1 aliphatic rings. The summed E-state index contributed by atoms with van der Waals surface area (Å²) in [6, 6.07) is 3.73. The summed E-state index contributed by atoms with van der Waals surface area (Å²) in [5, 5.41) is 9.77. The minimum Gasteiger partial charge on any atom is -0.371 e. The Hall–Kier alpha value is -0.240. The number of hydrogen-bond acceptors (Lipinski definition) is 4. The Labute approximate surface area is 109 Å². The second kappa shape index (κ2) is 5.39. The number of nitrogens with one attached hydrogen (secondary N) is 1. The van der Waals surface area contributed by atoms with Crippen LogP contribution in [0.5, 0.6) is 0 Å². The molecule has 1 atom stereocenters. The van der Waals surface area contributed by atoms with Crippen LogP contribution in [0.1, 0.15) is 30.5 Å². The van der Waals surface area contributed by atoms with E-state index in [1.54, 1.807) is 6.07 Å². The summed E-state index contributed by atoms with van der Waals surface area (Å²) in [4.78, 5) is 9.49. The van der Waals surface area contributed by atoms with Gasteiger partial charge in [-0.25, -0.2) is 0 Å². The van der Waals surface area contributed by atoms with Crippen LogP contribution in [0.15, 0.2) is 12.1 Å². The van der Waals surface area contributed by atoms with Crippen molar-refractivity contribution in [1.82, 2.24) is 10.5 Å². The average molecular weight is 334 g/mol. The molecule has 4 nitrogen and oxygen atoms in total. The van der Waals surface area contributed by atoms with Gasteiger partial charge in [0.2, 0.25) is 0 Å². The molecule has 16 heavy (non-hydrogen) atoms. The molecule has 1 aliphatic carbocycles. The van der Waals surface area contributed by atoms with Crippen LogP contribution in [0.25, 0.3) is 0 Å². The van der Waals surface area contributed by atoms with Crippen molar-refractivity contribution >= 4 is 22.6 Å². The molecule has 0 spiro atoms. The number of rotatable bonds is 5. The SMILES string of the molecule is Cc1nc(C(O)NOCC2CC2)ccc1I. The zero-order chi connectivity index (χ0) is 11.5. The van der Waals surface area contributed by atoms with Gasteiger partial charge in [-0.05, 0) is 60.4 Å². The van der Waals surface area contributed by atoms with E-state index in [0.717, 1.165) is 9.26 Å². The molecule has 1 aromatic rings. The largest absolute Gasteiger partial charge is 0.371 e. The van der Waals surface area contributed by atoms with E-state index < -0.39 is 6.23 Å². The van der Waals surface area contributed by atoms with Crippen LogP contribution >= 0.6 is 22.6 Å². The van der Waals surface area contributed by atoms with E-state index >= 15 is 0 Å². The molecule has 0 amide bonds. The lowest BCUT2D eigenvalue weighted by molar-refractivity contribution is -0.0639. The predicted octanol–water partition coefficient (Wildman–Crippen LogP) is 1.92. The molecule has 88 valence electrons. The fourth-order valence-electron chi connectivity index (χ4n) is 1.31. The van der Waals surface area contributed by atoms with Gasteiger partial charge in [-0.15, -0.1) is 0 Å². The Kier molecular flexibility index (Phi) is 4.12. The second-order valence-electron chi connectivity index (χ2n) is 4.08. The van der Waals surface area contributed by atoms with E-state index in [4.69, 9.17) is 4.84 Å². The van der Waals surface area contributed by atoms with Crippen molar-refractivity contribution in [2.75, 3.05) is 6.61 Å². The maximum Gasteiger partial charge on any atom is 0.169 e. The van der Waals surface area contributed by atoms with E-state index in [2.05, 4.69) is 33.1 Å². The Balaban J connectivity index is 1.86. The van der Waals surface area contributed by atoms with E-state index in [-0.39, 0.29) is 0 Å². The van der Waals surface area contributed by atoms with Gasteiger partial charge in [-0.3, -0.25) is 9.82 Å².